The lowest BCUT2D eigenvalue weighted by atomic mass is 9.77. The minimum atomic E-state index is -0.285. The summed E-state index contributed by atoms with van der Waals surface area (Å²) in [6, 6.07) is 0. The summed E-state index contributed by atoms with van der Waals surface area (Å²) in [7, 11) is 0. The molecule has 0 aromatic carbocycles. The molecule has 1 rings (SSSR count). The molecule has 1 aliphatic carbocycles. The van der Waals surface area contributed by atoms with Crippen LogP contribution in [0.1, 0.15) is 47.0 Å². The molecule has 0 bridgehead atoms. The second kappa shape index (κ2) is 8.42. The molecule has 4 heteroatoms. The maximum Gasteiger partial charge on any atom is 0.166 e. The van der Waals surface area contributed by atoms with Gasteiger partial charge in [-0.3, -0.25) is 0 Å². The standard InChI is InChI=1S/C16H30O3S/c1-6-18-15(19-7-2)11-20-16(5)9-8-13(12(3)4)10-14(16)17/h13-15,17H,3,6-11H2,1-2,4-5H3/t13-,14-,16+/m1/s1. The van der Waals surface area contributed by atoms with E-state index in [1.54, 1.807) is 11.8 Å². The van der Waals surface area contributed by atoms with Crippen molar-refractivity contribution >= 4 is 11.8 Å². The van der Waals surface area contributed by atoms with Gasteiger partial charge in [-0.1, -0.05) is 12.2 Å². The van der Waals surface area contributed by atoms with Gasteiger partial charge in [0.05, 0.1) is 6.10 Å². The molecule has 0 heterocycles. The minimum absolute atomic E-state index is 0.0988. The van der Waals surface area contributed by atoms with E-state index in [9.17, 15) is 5.11 Å². The van der Waals surface area contributed by atoms with E-state index in [4.69, 9.17) is 9.47 Å². The van der Waals surface area contributed by atoms with Crippen LogP contribution in [0.4, 0.5) is 0 Å². The van der Waals surface area contributed by atoms with Crippen molar-refractivity contribution in [1.82, 2.24) is 0 Å². The molecule has 0 spiro atoms. The average Bonchev–Trinajstić information content (AvgIpc) is 2.40. The van der Waals surface area contributed by atoms with Crippen molar-refractivity contribution in [3.8, 4) is 0 Å². The van der Waals surface area contributed by atoms with Gasteiger partial charge in [0.2, 0.25) is 0 Å². The molecule has 1 N–H and O–H groups in total. The number of aliphatic hydroxyl groups is 1. The fourth-order valence-corrected chi connectivity index (χ4v) is 3.91. The number of aliphatic hydroxyl groups excluding tert-OH is 1. The summed E-state index contributed by atoms with van der Waals surface area (Å²) in [6.45, 7) is 13.5. The van der Waals surface area contributed by atoms with Crippen molar-refractivity contribution in [1.29, 1.82) is 0 Å². The zero-order valence-electron chi connectivity index (χ0n) is 13.4. The lowest BCUT2D eigenvalue weighted by molar-refractivity contribution is -0.120. The Morgan fingerprint density at radius 1 is 1.40 bits per heavy atom. The predicted molar refractivity (Wildman–Crippen MR) is 86.1 cm³/mol. The molecule has 0 aliphatic heterocycles. The number of hydrogen-bond acceptors (Lipinski definition) is 4. The summed E-state index contributed by atoms with van der Waals surface area (Å²) in [5.74, 6) is 1.24. The Morgan fingerprint density at radius 2 is 2.00 bits per heavy atom. The molecule has 0 radical (unpaired) electrons. The molecular weight excluding hydrogens is 272 g/mol. The third kappa shape index (κ3) is 5.06. The lowest BCUT2D eigenvalue weighted by Gasteiger charge is -2.42. The third-order valence-electron chi connectivity index (χ3n) is 4.15. The highest BCUT2D eigenvalue weighted by atomic mass is 32.2. The van der Waals surface area contributed by atoms with Gasteiger partial charge in [0.25, 0.3) is 0 Å². The predicted octanol–water partition coefficient (Wildman–Crippen LogP) is 3.61. The highest BCUT2D eigenvalue weighted by molar-refractivity contribution is 8.00. The van der Waals surface area contributed by atoms with E-state index in [0.29, 0.717) is 19.1 Å². The molecule has 0 saturated heterocycles. The monoisotopic (exact) mass is 302 g/mol. The Labute approximate surface area is 128 Å². The van der Waals surface area contributed by atoms with Crippen LogP contribution in [0.15, 0.2) is 12.2 Å². The summed E-state index contributed by atoms with van der Waals surface area (Å²) in [4.78, 5) is 0. The highest BCUT2D eigenvalue weighted by Crippen LogP contribution is 2.43. The zero-order valence-corrected chi connectivity index (χ0v) is 14.2. The van der Waals surface area contributed by atoms with Gasteiger partial charge in [0.15, 0.2) is 6.29 Å². The van der Waals surface area contributed by atoms with Crippen molar-refractivity contribution in [3.05, 3.63) is 12.2 Å². The maximum atomic E-state index is 10.5. The molecule has 3 atom stereocenters. The van der Waals surface area contributed by atoms with E-state index < -0.39 is 0 Å². The lowest BCUT2D eigenvalue weighted by Crippen LogP contribution is -2.43. The molecule has 1 saturated carbocycles. The normalized spacial score (nSPS) is 30.7. The van der Waals surface area contributed by atoms with E-state index in [-0.39, 0.29) is 17.1 Å². The number of thioether (sulfide) groups is 1. The molecule has 3 nitrogen and oxygen atoms in total. The molecule has 0 aromatic rings. The van der Waals surface area contributed by atoms with Gasteiger partial charge in [0.1, 0.15) is 0 Å². The van der Waals surface area contributed by atoms with Crippen LogP contribution in [0.3, 0.4) is 0 Å². The molecule has 118 valence electrons. The van der Waals surface area contributed by atoms with Crippen LogP contribution in [0.25, 0.3) is 0 Å². The minimum Gasteiger partial charge on any atom is -0.392 e. The molecule has 20 heavy (non-hydrogen) atoms. The zero-order chi connectivity index (χ0) is 15.2. The maximum absolute atomic E-state index is 10.5. The van der Waals surface area contributed by atoms with Gasteiger partial charge >= 0.3 is 0 Å². The van der Waals surface area contributed by atoms with Crippen LogP contribution < -0.4 is 0 Å². The summed E-state index contributed by atoms with van der Waals surface area (Å²) in [5, 5.41) is 10.5. The van der Waals surface area contributed by atoms with Crippen molar-refractivity contribution in [2.45, 2.75) is 64.1 Å². The van der Waals surface area contributed by atoms with Crippen LogP contribution in [-0.2, 0) is 9.47 Å². The average molecular weight is 302 g/mol. The van der Waals surface area contributed by atoms with E-state index in [1.807, 2.05) is 13.8 Å². The van der Waals surface area contributed by atoms with Crippen LogP contribution in [0.2, 0.25) is 0 Å². The third-order valence-corrected chi connectivity index (χ3v) is 5.73. The van der Waals surface area contributed by atoms with Crippen LogP contribution in [-0.4, -0.2) is 41.2 Å². The number of rotatable bonds is 8. The van der Waals surface area contributed by atoms with E-state index in [0.717, 1.165) is 25.0 Å². The summed E-state index contributed by atoms with van der Waals surface area (Å²) >= 11 is 1.78. The molecule has 0 aromatic heterocycles. The Bertz CT molecular complexity index is 302. The first kappa shape index (κ1) is 18.0. The second-order valence-electron chi connectivity index (χ2n) is 5.80. The first-order valence-corrected chi connectivity index (χ1v) is 8.62. The number of hydrogen-bond donors (Lipinski definition) is 1. The van der Waals surface area contributed by atoms with Gasteiger partial charge in [-0.2, -0.15) is 0 Å². The first-order valence-electron chi connectivity index (χ1n) is 7.63. The molecule has 1 fully saturated rings. The fraction of sp³-hybridized carbons (Fsp3) is 0.875. The quantitative estimate of drug-likeness (QED) is 0.549. The van der Waals surface area contributed by atoms with Gasteiger partial charge in [-0.05, 0) is 52.9 Å². The Hall–Kier alpha value is -0.0300. The van der Waals surface area contributed by atoms with Crippen molar-refractivity contribution in [2.75, 3.05) is 19.0 Å². The Kier molecular flexibility index (Phi) is 7.59. The fourth-order valence-electron chi connectivity index (χ4n) is 2.65. The first-order chi connectivity index (χ1) is 9.42. The van der Waals surface area contributed by atoms with Gasteiger partial charge in [-0.15, -0.1) is 11.8 Å². The van der Waals surface area contributed by atoms with Crippen molar-refractivity contribution in [2.24, 2.45) is 5.92 Å². The van der Waals surface area contributed by atoms with Crippen LogP contribution in [0.5, 0.6) is 0 Å². The van der Waals surface area contributed by atoms with Crippen molar-refractivity contribution in [3.63, 3.8) is 0 Å². The summed E-state index contributed by atoms with van der Waals surface area (Å²) in [5.41, 5.74) is 1.19. The van der Waals surface area contributed by atoms with E-state index in [2.05, 4.69) is 20.4 Å². The van der Waals surface area contributed by atoms with E-state index in [1.165, 1.54) is 5.57 Å². The second-order valence-corrected chi connectivity index (χ2v) is 7.35. The Balaban J connectivity index is 2.51. The number of allylic oxidation sites excluding steroid dienone is 1. The SMILES string of the molecule is C=C(C)[C@@H]1CC[C@](C)(SCC(OCC)OCC)[C@H](O)C1. The van der Waals surface area contributed by atoms with Gasteiger partial charge < -0.3 is 14.6 Å². The smallest absolute Gasteiger partial charge is 0.166 e. The highest BCUT2D eigenvalue weighted by Gasteiger charge is 2.40. The summed E-state index contributed by atoms with van der Waals surface area (Å²) in [6.07, 6.45) is 2.50. The van der Waals surface area contributed by atoms with E-state index >= 15 is 0 Å². The molecule has 1 aliphatic rings. The van der Waals surface area contributed by atoms with Gasteiger partial charge in [0, 0.05) is 23.7 Å². The summed E-state index contributed by atoms with van der Waals surface area (Å²) < 4.78 is 11.0. The molecule has 0 amide bonds. The number of ether oxygens (including phenoxy) is 2. The molecule has 0 unspecified atom stereocenters. The topological polar surface area (TPSA) is 38.7 Å². The van der Waals surface area contributed by atoms with Crippen LogP contribution >= 0.6 is 11.8 Å². The van der Waals surface area contributed by atoms with Crippen LogP contribution in [0, 0.1) is 5.92 Å². The molecular formula is C16H30O3S. The van der Waals surface area contributed by atoms with Gasteiger partial charge in [-0.25, -0.2) is 0 Å². The largest absolute Gasteiger partial charge is 0.392 e. The Morgan fingerprint density at radius 3 is 2.45 bits per heavy atom. The van der Waals surface area contributed by atoms with Crippen molar-refractivity contribution < 1.29 is 14.6 Å².